The quantitative estimate of drug-likeness (QED) is 0.770. The molecule has 0 saturated heterocycles. The zero-order valence-electron chi connectivity index (χ0n) is 11.8. The number of aliphatic carboxylic acids is 1. The number of amides is 1. The number of hydrogen-bond acceptors (Lipinski definition) is 3. The van der Waals surface area contributed by atoms with E-state index >= 15 is 0 Å². The largest absolute Gasteiger partial charge is 0.508 e. The van der Waals surface area contributed by atoms with Crippen molar-refractivity contribution in [1.29, 1.82) is 0 Å². The zero-order chi connectivity index (χ0) is 17.0. The van der Waals surface area contributed by atoms with E-state index in [4.69, 9.17) is 23.2 Å². The number of hydrogen-bond donors (Lipinski definition) is 3. The van der Waals surface area contributed by atoms with Gasteiger partial charge in [0, 0.05) is 22.0 Å². The fourth-order valence-electron chi connectivity index (χ4n) is 1.99. The highest BCUT2D eigenvalue weighted by molar-refractivity contribution is 6.35. The van der Waals surface area contributed by atoms with E-state index in [0.717, 1.165) is 0 Å². The van der Waals surface area contributed by atoms with Gasteiger partial charge in [-0.05, 0) is 35.9 Å². The van der Waals surface area contributed by atoms with Crippen molar-refractivity contribution in [2.75, 3.05) is 0 Å². The molecule has 3 N–H and O–H groups in total. The van der Waals surface area contributed by atoms with Crippen LogP contribution in [0.15, 0.2) is 42.5 Å². The van der Waals surface area contributed by atoms with E-state index in [-0.39, 0.29) is 27.8 Å². The van der Waals surface area contributed by atoms with Gasteiger partial charge in [-0.1, -0.05) is 35.3 Å². The first-order chi connectivity index (χ1) is 10.8. The maximum absolute atomic E-state index is 12.2. The molecular formula is C16H13Cl2NO4. The second kappa shape index (κ2) is 7.35. The number of carboxylic acid groups (broad SMARTS) is 1. The number of carbonyl (C=O) groups is 2. The summed E-state index contributed by atoms with van der Waals surface area (Å²) < 4.78 is 0. The van der Waals surface area contributed by atoms with E-state index in [2.05, 4.69) is 5.32 Å². The maximum Gasteiger partial charge on any atom is 0.326 e. The highest BCUT2D eigenvalue weighted by Gasteiger charge is 2.21. The topological polar surface area (TPSA) is 86.6 Å². The molecular weight excluding hydrogens is 341 g/mol. The van der Waals surface area contributed by atoms with Crippen LogP contribution in [0.4, 0.5) is 0 Å². The second-order valence-electron chi connectivity index (χ2n) is 4.89. The molecule has 0 bridgehead atoms. The number of phenols is 1. The van der Waals surface area contributed by atoms with Gasteiger partial charge in [-0.15, -0.1) is 0 Å². The van der Waals surface area contributed by atoms with Crippen LogP contribution in [-0.2, 0) is 11.2 Å². The zero-order valence-corrected chi connectivity index (χ0v) is 13.3. The van der Waals surface area contributed by atoms with Crippen molar-refractivity contribution in [3.8, 4) is 5.75 Å². The molecule has 0 fully saturated rings. The molecule has 23 heavy (non-hydrogen) atoms. The van der Waals surface area contributed by atoms with Crippen molar-refractivity contribution in [3.63, 3.8) is 0 Å². The number of phenolic OH excluding ortho intramolecular Hbond substituents is 1. The molecule has 2 rings (SSSR count). The molecule has 2 aromatic carbocycles. The number of rotatable bonds is 5. The number of benzene rings is 2. The van der Waals surface area contributed by atoms with Gasteiger partial charge in [0.05, 0.1) is 0 Å². The summed E-state index contributed by atoms with van der Waals surface area (Å²) in [4.78, 5) is 23.5. The van der Waals surface area contributed by atoms with Crippen molar-refractivity contribution < 1.29 is 19.8 Å². The molecule has 0 aliphatic rings. The summed E-state index contributed by atoms with van der Waals surface area (Å²) in [6, 6.07) is 9.25. The van der Waals surface area contributed by atoms with Gasteiger partial charge in [0.15, 0.2) is 0 Å². The Morgan fingerprint density at radius 2 is 1.61 bits per heavy atom. The Hall–Kier alpha value is -2.24. The van der Waals surface area contributed by atoms with E-state index in [1.165, 1.54) is 30.3 Å². The van der Waals surface area contributed by atoms with Crippen LogP contribution in [0, 0.1) is 0 Å². The fourth-order valence-corrected chi connectivity index (χ4v) is 2.52. The molecule has 0 heterocycles. The summed E-state index contributed by atoms with van der Waals surface area (Å²) in [7, 11) is 0. The van der Waals surface area contributed by atoms with Gasteiger partial charge < -0.3 is 15.5 Å². The molecule has 1 amide bonds. The Labute approximate surface area is 142 Å². The third kappa shape index (κ3) is 4.87. The Morgan fingerprint density at radius 1 is 1.04 bits per heavy atom. The number of aromatic hydroxyl groups is 1. The maximum atomic E-state index is 12.2. The van der Waals surface area contributed by atoms with Gasteiger partial charge in [-0.25, -0.2) is 4.79 Å². The number of carbonyl (C=O) groups excluding carboxylic acids is 1. The van der Waals surface area contributed by atoms with Crippen LogP contribution in [0.2, 0.25) is 10.0 Å². The van der Waals surface area contributed by atoms with Crippen LogP contribution < -0.4 is 5.32 Å². The number of carboxylic acids is 1. The van der Waals surface area contributed by atoms with Crippen molar-refractivity contribution in [3.05, 3.63) is 63.6 Å². The Kier molecular flexibility index (Phi) is 5.47. The SMILES string of the molecule is O=C(NC(Cc1ccc(O)cc1)C(=O)O)c1cc(Cl)cc(Cl)c1. The molecule has 2 aromatic rings. The molecule has 0 aliphatic carbocycles. The second-order valence-corrected chi connectivity index (χ2v) is 5.77. The highest BCUT2D eigenvalue weighted by Crippen LogP contribution is 2.19. The Bertz CT molecular complexity index is 711. The summed E-state index contributed by atoms with van der Waals surface area (Å²) in [5, 5.41) is 21.5. The fraction of sp³-hybridized carbons (Fsp3) is 0.125. The predicted octanol–water partition coefficient (Wildman–Crippen LogP) is 3.12. The van der Waals surface area contributed by atoms with E-state index in [0.29, 0.717) is 5.56 Å². The monoisotopic (exact) mass is 353 g/mol. The van der Waals surface area contributed by atoms with Crippen LogP contribution in [0.1, 0.15) is 15.9 Å². The third-order valence-electron chi connectivity index (χ3n) is 3.10. The normalized spacial score (nSPS) is 11.7. The van der Waals surface area contributed by atoms with Crippen LogP contribution in [0.3, 0.4) is 0 Å². The molecule has 7 heteroatoms. The summed E-state index contributed by atoms with van der Waals surface area (Å²) in [5.41, 5.74) is 0.846. The predicted molar refractivity (Wildman–Crippen MR) is 87.2 cm³/mol. The molecule has 0 aromatic heterocycles. The van der Waals surface area contributed by atoms with Crippen LogP contribution >= 0.6 is 23.2 Å². The summed E-state index contributed by atoms with van der Waals surface area (Å²) in [5.74, 6) is -1.67. The highest BCUT2D eigenvalue weighted by atomic mass is 35.5. The Morgan fingerprint density at radius 3 is 2.13 bits per heavy atom. The van der Waals surface area contributed by atoms with E-state index in [9.17, 15) is 19.8 Å². The number of halogens is 2. The number of nitrogens with one attached hydrogen (secondary N) is 1. The first-order valence-electron chi connectivity index (χ1n) is 6.63. The third-order valence-corrected chi connectivity index (χ3v) is 3.54. The lowest BCUT2D eigenvalue weighted by atomic mass is 10.1. The lowest BCUT2D eigenvalue weighted by Crippen LogP contribution is -2.42. The van der Waals surface area contributed by atoms with E-state index < -0.39 is 17.9 Å². The molecule has 0 radical (unpaired) electrons. The summed E-state index contributed by atoms with van der Waals surface area (Å²) in [6.07, 6.45) is 0.0790. The molecule has 0 aliphatic heterocycles. The van der Waals surface area contributed by atoms with Gasteiger partial charge in [-0.2, -0.15) is 0 Å². The average molecular weight is 354 g/mol. The van der Waals surface area contributed by atoms with E-state index in [1.54, 1.807) is 12.1 Å². The summed E-state index contributed by atoms with van der Waals surface area (Å²) >= 11 is 11.7. The molecule has 0 saturated carbocycles. The van der Waals surface area contributed by atoms with Crippen molar-refractivity contribution in [2.24, 2.45) is 0 Å². The van der Waals surface area contributed by atoms with Crippen LogP contribution in [-0.4, -0.2) is 28.1 Å². The standard InChI is InChI=1S/C16H13Cl2NO4/c17-11-6-10(7-12(18)8-11)15(21)19-14(16(22)23)5-9-1-3-13(20)4-2-9/h1-4,6-8,14,20H,5H2,(H,19,21)(H,22,23). The van der Waals surface area contributed by atoms with Crippen molar-refractivity contribution >= 4 is 35.1 Å². The van der Waals surface area contributed by atoms with E-state index in [1.807, 2.05) is 0 Å². The van der Waals surface area contributed by atoms with Gasteiger partial charge in [0.2, 0.25) is 0 Å². The molecule has 5 nitrogen and oxygen atoms in total. The smallest absolute Gasteiger partial charge is 0.326 e. The van der Waals surface area contributed by atoms with Gasteiger partial charge in [0.25, 0.3) is 5.91 Å². The first-order valence-corrected chi connectivity index (χ1v) is 7.38. The van der Waals surface area contributed by atoms with Crippen molar-refractivity contribution in [2.45, 2.75) is 12.5 Å². The minimum Gasteiger partial charge on any atom is -0.508 e. The molecule has 1 unspecified atom stereocenters. The lowest BCUT2D eigenvalue weighted by molar-refractivity contribution is -0.139. The first kappa shape index (κ1) is 17.1. The minimum absolute atomic E-state index is 0.0790. The van der Waals surface area contributed by atoms with Crippen LogP contribution in [0.25, 0.3) is 0 Å². The molecule has 1 atom stereocenters. The Balaban J connectivity index is 2.14. The molecule has 120 valence electrons. The van der Waals surface area contributed by atoms with Gasteiger partial charge in [-0.3, -0.25) is 4.79 Å². The lowest BCUT2D eigenvalue weighted by Gasteiger charge is -2.15. The minimum atomic E-state index is -1.17. The summed E-state index contributed by atoms with van der Waals surface area (Å²) in [6.45, 7) is 0. The molecule has 0 spiro atoms. The van der Waals surface area contributed by atoms with Gasteiger partial charge >= 0.3 is 5.97 Å². The van der Waals surface area contributed by atoms with Crippen LogP contribution in [0.5, 0.6) is 5.75 Å². The van der Waals surface area contributed by atoms with Gasteiger partial charge in [0.1, 0.15) is 11.8 Å². The average Bonchev–Trinajstić information content (AvgIpc) is 2.47. The van der Waals surface area contributed by atoms with Crippen molar-refractivity contribution in [1.82, 2.24) is 5.32 Å².